The average Bonchev–Trinajstić information content (AvgIpc) is 2.83. The number of benzene rings is 4. The van der Waals surface area contributed by atoms with Crippen molar-refractivity contribution in [3.8, 4) is 34.1 Å². The van der Waals surface area contributed by atoms with E-state index in [9.17, 15) is 9.18 Å². The van der Waals surface area contributed by atoms with E-state index in [-0.39, 0.29) is 5.82 Å². The summed E-state index contributed by atoms with van der Waals surface area (Å²) in [6.07, 6.45) is 0. The Kier molecular flexibility index (Phi) is 5.91. The molecule has 0 unspecified atom stereocenters. The second-order valence-corrected chi connectivity index (χ2v) is 6.93. The van der Waals surface area contributed by atoms with E-state index in [1.807, 2.05) is 60.7 Å². The molecule has 0 saturated heterocycles. The predicted molar refractivity (Wildman–Crippen MR) is 121 cm³/mol. The third kappa shape index (κ3) is 4.55. The van der Waals surface area contributed by atoms with Crippen LogP contribution in [-0.4, -0.2) is 13.1 Å². The summed E-state index contributed by atoms with van der Waals surface area (Å²) in [6.45, 7) is 0. The molecule has 0 aliphatic heterocycles. The number of methoxy groups -OCH3 is 1. The number of carbonyl (C=O) groups is 1. The van der Waals surface area contributed by atoms with Crippen molar-refractivity contribution >= 4 is 5.97 Å². The molecule has 4 aromatic rings. The molecule has 2 nitrogen and oxygen atoms in total. The second-order valence-electron chi connectivity index (χ2n) is 6.93. The molecule has 0 aromatic heterocycles. The van der Waals surface area contributed by atoms with E-state index in [1.54, 1.807) is 24.3 Å². The van der Waals surface area contributed by atoms with Crippen molar-refractivity contribution in [3.63, 3.8) is 0 Å². The number of esters is 1. The van der Waals surface area contributed by atoms with Crippen LogP contribution in [-0.2, 0) is 4.74 Å². The van der Waals surface area contributed by atoms with Crippen LogP contribution >= 0.6 is 0 Å². The highest BCUT2D eigenvalue weighted by atomic mass is 19.1. The summed E-state index contributed by atoms with van der Waals surface area (Å²) in [5.41, 5.74) is 5.06. The third-order valence-electron chi connectivity index (χ3n) is 4.91. The van der Waals surface area contributed by atoms with Gasteiger partial charge in [0, 0.05) is 22.3 Å². The van der Waals surface area contributed by atoms with Crippen molar-refractivity contribution in [2.75, 3.05) is 7.11 Å². The molecule has 3 heteroatoms. The molecule has 0 radical (unpaired) electrons. The maximum absolute atomic E-state index is 14.7. The lowest BCUT2D eigenvalue weighted by atomic mass is 9.91. The van der Waals surface area contributed by atoms with Gasteiger partial charge in [0.2, 0.25) is 0 Å². The fraction of sp³-hybridized carbons (Fsp3) is 0.0357. The lowest BCUT2D eigenvalue weighted by Gasteiger charge is -2.12. The minimum Gasteiger partial charge on any atom is -0.465 e. The van der Waals surface area contributed by atoms with Crippen molar-refractivity contribution in [2.45, 2.75) is 0 Å². The van der Waals surface area contributed by atoms with Gasteiger partial charge in [-0.25, -0.2) is 9.18 Å². The van der Waals surface area contributed by atoms with Gasteiger partial charge < -0.3 is 4.74 Å². The second kappa shape index (κ2) is 9.11. The van der Waals surface area contributed by atoms with Gasteiger partial charge in [-0.2, -0.15) is 0 Å². The predicted octanol–water partition coefficient (Wildman–Crippen LogP) is 6.35. The summed E-state index contributed by atoms with van der Waals surface area (Å²) in [5.74, 6) is 5.69. The minimum absolute atomic E-state index is 0.351. The Labute approximate surface area is 181 Å². The summed E-state index contributed by atoms with van der Waals surface area (Å²) in [7, 11) is 1.34. The molecule has 150 valence electrons. The Morgan fingerprint density at radius 1 is 0.742 bits per heavy atom. The zero-order chi connectivity index (χ0) is 21.6. The van der Waals surface area contributed by atoms with Crippen molar-refractivity contribution in [2.24, 2.45) is 0 Å². The molecular weight excluding hydrogens is 387 g/mol. The number of ether oxygens (including phenoxy) is 1. The Hall–Kier alpha value is -4.16. The van der Waals surface area contributed by atoms with E-state index in [4.69, 9.17) is 4.74 Å². The molecule has 0 saturated carbocycles. The zero-order valence-corrected chi connectivity index (χ0v) is 16.9. The molecule has 0 heterocycles. The van der Waals surface area contributed by atoms with Gasteiger partial charge in [-0.1, -0.05) is 72.5 Å². The first-order valence-corrected chi connectivity index (χ1v) is 9.80. The average molecular weight is 406 g/mol. The Morgan fingerprint density at radius 2 is 1.29 bits per heavy atom. The first kappa shape index (κ1) is 20.1. The number of hydrogen-bond acceptors (Lipinski definition) is 2. The highest BCUT2D eigenvalue weighted by Gasteiger charge is 2.14. The van der Waals surface area contributed by atoms with Crippen molar-refractivity contribution in [1.29, 1.82) is 0 Å². The lowest BCUT2D eigenvalue weighted by molar-refractivity contribution is 0.0601. The maximum Gasteiger partial charge on any atom is 0.337 e. The standard InChI is InChI=1S/C28H19FO2/c1-31-28(30)23-15-13-22(14-16-23)27-19-24(29)18-26(21-10-6-3-7-11-21)25(27)17-12-20-8-4-2-5-9-20/h2-11,13-16,18-19H,1H3. The van der Waals surface area contributed by atoms with E-state index in [2.05, 4.69) is 11.8 Å². The van der Waals surface area contributed by atoms with Gasteiger partial charge in [0.1, 0.15) is 5.82 Å². The molecule has 0 aliphatic rings. The topological polar surface area (TPSA) is 26.3 Å². The number of carbonyl (C=O) groups excluding carboxylic acids is 1. The van der Waals surface area contributed by atoms with E-state index >= 15 is 0 Å². The fourth-order valence-electron chi connectivity index (χ4n) is 3.37. The van der Waals surface area contributed by atoms with Gasteiger partial charge >= 0.3 is 5.97 Å². The van der Waals surface area contributed by atoms with Crippen molar-refractivity contribution in [3.05, 3.63) is 120 Å². The monoisotopic (exact) mass is 406 g/mol. The van der Waals surface area contributed by atoms with Crippen LogP contribution in [0.1, 0.15) is 21.5 Å². The molecule has 0 aliphatic carbocycles. The Bertz CT molecular complexity index is 1270. The molecule has 0 N–H and O–H groups in total. The van der Waals surface area contributed by atoms with Crippen LogP contribution in [0.2, 0.25) is 0 Å². The highest BCUT2D eigenvalue weighted by molar-refractivity contribution is 5.90. The smallest absolute Gasteiger partial charge is 0.337 e. The number of rotatable bonds is 3. The summed E-state index contributed by atoms with van der Waals surface area (Å²) in [4.78, 5) is 11.8. The molecule has 0 amide bonds. The highest BCUT2D eigenvalue weighted by Crippen LogP contribution is 2.33. The van der Waals surface area contributed by atoms with E-state index in [0.29, 0.717) is 11.1 Å². The van der Waals surface area contributed by atoms with Gasteiger partial charge in [0.05, 0.1) is 12.7 Å². The number of hydrogen-bond donors (Lipinski definition) is 0. The minimum atomic E-state index is -0.417. The first-order valence-electron chi connectivity index (χ1n) is 9.80. The normalized spacial score (nSPS) is 10.1. The van der Waals surface area contributed by atoms with Gasteiger partial charge in [-0.15, -0.1) is 0 Å². The molecule has 0 fully saturated rings. The number of halogens is 1. The van der Waals surface area contributed by atoms with E-state index in [1.165, 1.54) is 19.2 Å². The summed E-state index contributed by atoms with van der Waals surface area (Å²) in [6, 6.07) is 29.2. The van der Waals surface area contributed by atoms with Crippen molar-refractivity contribution in [1.82, 2.24) is 0 Å². The van der Waals surface area contributed by atoms with Crippen LogP contribution in [0.4, 0.5) is 4.39 Å². The van der Waals surface area contributed by atoms with Crippen LogP contribution in [0.5, 0.6) is 0 Å². The molecule has 4 rings (SSSR count). The molecule has 0 spiro atoms. The summed E-state index contributed by atoms with van der Waals surface area (Å²) in [5, 5.41) is 0. The van der Waals surface area contributed by atoms with Gasteiger partial charge in [-0.05, 0) is 47.5 Å². The molecular formula is C28H19FO2. The Morgan fingerprint density at radius 3 is 1.87 bits per heavy atom. The SMILES string of the molecule is COC(=O)c1ccc(-c2cc(F)cc(-c3ccccc3)c2C#Cc2ccccc2)cc1. The third-order valence-corrected chi connectivity index (χ3v) is 4.91. The first-order chi connectivity index (χ1) is 15.2. The van der Waals surface area contributed by atoms with E-state index < -0.39 is 5.97 Å². The molecule has 4 aromatic carbocycles. The lowest BCUT2D eigenvalue weighted by Crippen LogP contribution is -2.00. The van der Waals surface area contributed by atoms with Gasteiger partial charge in [0.25, 0.3) is 0 Å². The largest absolute Gasteiger partial charge is 0.465 e. The van der Waals surface area contributed by atoms with Gasteiger partial charge in [0.15, 0.2) is 0 Å². The maximum atomic E-state index is 14.7. The summed E-state index contributed by atoms with van der Waals surface area (Å²) >= 11 is 0. The van der Waals surface area contributed by atoms with E-state index in [0.717, 1.165) is 27.8 Å². The van der Waals surface area contributed by atoms with Crippen LogP contribution in [0, 0.1) is 17.7 Å². The quantitative estimate of drug-likeness (QED) is 0.293. The van der Waals surface area contributed by atoms with Crippen LogP contribution in [0.15, 0.2) is 97.1 Å². The van der Waals surface area contributed by atoms with Crippen LogP contribution in [0.3, 0.4) is 0 Å². The fourth-order valence-corrected chi connectivity index (χ4v) is 3.37. The molecule has 0 bridgehead atoms. The zero-order valence-electron chi connectivity index (χ0n) is 16.9. The Balaban J connectivity index is 1.91. The summed E-state index contributed by atoms with van der Waals surface area (Å²) < 4.78 is 19.4. The van der Waals surface area contributed by atoms with Crippen molar-refractivity contribution < 1.29 is 13.9 Å². The van der Waals surface area contributed by atoms with Crippen LogP contribution in [0.25, 0.3) is 22.3 Å². The molecule has 0 atom stereocenters. The molecule has 31 heavy (non-hydrogen) atoms. The van der Waals surface area contributed by atoms with Crippen LogP contribution < -0.4 is 0 Å². The van der Waals surface area contributed by atoms with Gasteiger partial charge in [-0.3, -0.25) is 0 Å².